The molecule has 1 aliphatic rings. The van der Waals surface area contributed by atoms with E-state index >= 15 is 0 Å². The maximum absolute atomic E-state index is 10.2. The number of likely N-dealkylation sites (tertiary alicyclic amines) is 1. The maximum atomic E-state index is 10.2. The second-order valence-corrected chi connectivity index (χ2v) is 7.94. The van der Waals surface area contributed by atoms with Crippen LogP contribution in [0.1, 0.15) is 25.7 Å². The van der Waals surface area contributed by atoms with Crippen molar-refractivity contribution in [3.63, 3.8) is 0 Å². The van der Waals surface area contributed by atoms with Gasteiger partial charge in [0.15, 0.2) is 5.88 Å². The first-order valence-electron chi connectivity index (χ1n) is 10.6. The van der Waals surface area contributed by atoms with Crippen LogP contribution in [0.4, 0.5) is 0 Å². The molecule has 1 fully saturated rings. The van der Waals surface area contributed by atoms with Gasteiger partial charge in [0.05, 0.1) is 12.0 Å². The second kappa shape index (κ2) is 7.84. The van der Waals surface area contributed by atoms with E-state index in [0.29, 0.717) is 0 Å². The van der Waals surface area contributed by atoms with E-state index in [2.05, 4.69) is 33.1 Å². The summed E-state index contributed by atoms with van der Waals surface area (Å²) in [5.41, 5.74) is 3.04. The van der Waals surface area contributed by atoms with Crippen LogP contribution in [0.2, 0.25) is 0 Å². The molecule has 150 valence electrons. The normalized spacial score (nSPS) is 15.3. The van der Waals surface area contributed by atoms with Gasteiger partial charge in [0, 0.05) is 40.3 Å². The van der Waals surface area contributed by atoms with Gasteiger partial charge in [0.1, 0.15) is 5.75 Å². The lowest BCUT2D eigenvalue weighted by atomic mass is 10.1. The highest BCUT2D eigenvalue weighted by Gasteiger charge is 2.12. The highest BCUT2D eigenvalue weighted by atomic mass is 16.5. The summed E-state index contributed by atoms with van der Waals surface area (Å²) in [7, 11) is 0. The number of benzene rings is 2. The number of nitrogens with zero attached hydrogens (tertiary/aromatic N) is 1. The first-order valence-corrected chi connectivity index (χ1v) is 10.6. The molecule has 1 aliphatic heterocycles. The molecule has 1 saturated heterocycles. The van der Waals surface area contributed by atoms with E-state index in [1.807, 2.05) is 30.5 Å². The van der Waals surface area contributed by atoms with Crippen molar-refractivity contribution in [2.75, 3.05) is 26.2 Å². The molecule has 0 bridgehead atoms. The average molecular weight is 389 g/mol. The van der Waals surface area contributed by atoms with Crippen molar-refractivity contribution in [2.45, 2.75) is 25.7 Å². The van der Waals surface area contributed by atoms with Crippen molar-refractivity contribution in [3.05, 3.63) is 48.7 Å². The molecule has 0 aliphatic carbocycles. The van der Waals surface area contributed by atoms with Crippen molar-refractivity contribution in [3.8, 4) is 22.9 Å². The number of piperidine rings is 1. The molecule has 0 amide bonds. The van der Waals surface area contributed by atoms with Crippen LogP contribution in [0.3, 0.4) is 0 Å². The van der Waals surface area contributed by atoms with Crippen LogP contribution >= 0.6 is 0 Å². The van der Waals surface area contributed by atoms with Gasteiger partial charge in [-0.3, -0.25) is 0 Å². The number of aromatic hydroxyl groups is 1. The Morgan fingerprint density at radius 2 is 1.90 bits per heavy atom. The molecule has 0 radical (unpaired) electrons. The topological polar surface area (TPSA) is 64.3 Å². The predicted molar refractivity (Wildman–Crippen MR) is 118 cm³/mol. The minimum atomic E-state index is 0.201. The van der Waals surface area contributed by atoms with E-state index in [0.717, 1.165) is 58.3 Å². The lowest BCUT2D eigenvalue weighted by Crippen LogP contribution is -2.31. The molecule has 0 atom stereocenters. The Kier molecular flexibility index (Phi) is 4.90. The average Bonchev–Trinajstić information content (AvgIpc) is 3.35. The zero-order chi connectivity index (χ0) is 19.6. The van der Waals surface area contributed by atoms with Gasteiger partial charge >= 0.3 is 0 Å². The molecule has 5 rings (SSSR count). The van der Waals surface area contributed by atoms with Gasteiger partial charge < -0.3 is 24.7 Å². The zero-order valence-corrected chi connectivity index (χ0v) is 16.6. The Bertz CT molecular complexity index is 1120. The molecule has 0 unspecified atom stereocenters. The highest BCUT2D eigenvalue weighted by Crippen LogP contribution is 2.35. The Balaban J connectivity index is 1.30. The van der Waals surface area contributed by atoms with Gasteiger partial charge in [-0.05, 0) is 56.6 Å². The summed E-state index contributed by atoms with van der Waals surface area (Å²) in [6, 6.07) is 14.3. The zero-order valence-electron chi connectivity index (χ0n) is 16.6. The third-order valence-electron chi connectivity index (χ3n) is 5.92. The number of rotatable bonds is 6. The molecule has 29 heavy (non-hydrogen) atoms. The lowest BCUT2D eigenvalue weighted by molar-refractivity contribution is 0.205. The van der Waals surface area contributed by atoms with Gasteiger partial charge in [0.25, 0.3) is 0 Å². The van der Waals surface area contributed by atoms with Crippen molar-refractivity contribution < 1.29 is 9.84 Å². The Labute approximate surface area is 170 Å². The molecule has 5 nitrogen and oxygen atoms in total. The van der Waals surface area contributed by atoms with Crippen LogP contribution in [0, 0.1) is 0 Å². The fourth-order valence-electron chi connectivity index (χ4n) is 4.40. The first kappa shape index (κ1) is 18.1. The first-order chi connectivity index (χ1) is 14.3. The predicted octanol–water partition coefficient (Wildman–Crippen LogP) is 5.28. The Morgan fingerprint density at radius 3 is 2.79 bits per heavy atom. The number of ether oxygens (including phenoxy) is 1. The molecular formula is C24H27N3O2. The SMILES string of the molecule is Oc1[nH]cc2cccc(-c3cc4cc(OCCCN5CCCCC5)ccc4[nH]3)c12. The summed E-state index contributed by atoms with van der Waals surface area (Å²) in [4.78, 5) is 8.92. The van der Waals surface area contributed by atoms with Crippen molar-refractivity contribution in [1.82, 2.24) is 14.9 Å². The monoisotopic (exact) mass is 389 g/mol. The molecule has 3 N–H and O–H groups in total. The highest BCUT2D eigenvalue weighted by molar-refractivity contribution is 6.01. The van der Waals surface area contributed by atoms with E-state index in [1.165, 1.54) is 32.4 Å². The summed E-state index contributed by atoms with van der Waals surface area (Å²) < 4.78 is 6.01. The molecule has 0 saturated carbocycles. The Hall–Kier alpha value is -2.92. The smallest absolute Gasteiger partial charge is 0.197 e. The summed E-state index contributed by atoms with van der Waals surface area (Å²) in [5, 5.41) is 13.1. The van der Waals surface area contributed by atoms with E-state index in [-0.39, 0.29) is 5.88 Å². The molecule has 2 aromatic heterocycles. The van der Waals surface area contributed by atoms with Gasteiger partial charge in [-0.2, -0.15) is 0 Å². The van der Waals surface area contributed by atoms with Crippen LogP contribution in [-0.2, 0) is 0 Å². The second-order valence-electron chi connectivity index (χ2n) is 7.94. The quantitative estimate of drug-likeness (QED) is 0.393. The number of fused-ring (bicyclic) bond motifs is 2. The van der Waals surface area contributed by atoms with E-state index < -0.39 is 0 Å². The molecule has 4 aromatic rings. The summed E-state index contributed by atoms with van der Waals surface area (Å²) in [6.45, 7) is 4.35. The molecule has 5 heteroatoms. The van der Waals surface area contributed by atoms with Crippen LogP contribution < -0.4 is 4.74 Å². The van der Waals surface area contributed by atoms with Gasteiger partial charge in [-0.15, -0.1) is 0 Å². The van der Waals surface area contributed by atoms with Crippen molar-refractivity contribution in [1.29, 1.82) is 0 Å². The van der Waals surface area contributed by atoms with Crippen molar-refractivity contribution in [2.24, 2.45) is 0 Å². The van der Waals surface area contributed by atoms with E-state index in [1.54, 1.807) is 0 Å². The van der Waals surface area contributed by atoms with Crippen LogP contribution in [0.25, 0.3) is 32.9 Å². The number of nitrogens with one attached hydrogen (secondary N) is 2. The minimum absolute atomic E-state index is 0.201. The third kappa shape index (κ3) is 3.70. The third-order valence-corrected chi connectivity index (χ3v) is 5.92. The number of aromatic nitrogens is 2. The minimum Gasteiger partial charge on any atom is -0.494 e. The Morgan fingerprint density at radius 1 is 1.00 bits per heavy atom. The molecule has 0 spiro atoms. The standard InChI is InChI=1S/C24H27N3O2/c28-24-23-17(16-25-24)6-4-7-20(23)22-15-18-14-19(8-9-21(18)26-22)29-13-5-12-27-10-2-1-3-11-27/h4,6-9,14-16,25-26,28H,1-3,5,10-13H2. The lowest BCUT2D eigenvalue weighted by Gasteiger charge is -2.26. The van der Waals surface area contributed by atoms with Crippen LogP contribution in [-0.4, -0.2) is 46.2 Å². The van der Waals surface area contributed by atoms with Gasteiger partial charge in [-0.1, -0.05) is 24.6 Å². The van der Waals surface area contributed by atoms with E-state index in [9.17, 15) is 5.11 Å². The maximum Gasteiger partial charge on any atom is 0.197 e. The van der Waals surface area contributed by atoms with Crippen LogP contribution in [0.15, 0.2) is 48.7 Å². The van der Waals surface area contributed by atoms with Crippen molar-refractivity contribution >= 4 is 21.7 Å². The largest absolute Gasteiger partial charge is 0.494 e. The number of hydrogen-bond acceptors (Lipinski definition) is 3. The van der Waals surface area contributed by atoms with Gasteiger partial charge in [-0.25, -0.2) is 0 Å². The number of aromatic amines is 2. The summed E-state index contributed by atoms with van der Waals surface area (Å²) in [5.74, 6) is 1.11. The van der Waals surface area contributed by atoms with Gasteiger partial charge in [0.2, 0.25) is 0 Å². The fourth-order valence-corrected chi connectivity index (χ4v) is 4.40. The van der Waals surface area contributed by atoms with E-state index in [4.69, 9.17) is 4.74 Å². The number of H-pyrrole nitrogens is 2. The fraction of sp³-hybridized carbons (Fsp3) is 0.333. The molecule has 3 heterocycles. The molecule has 2 aromatic carbocycles. The summed E-state index contributed by atoms with van der Waals surface area (Å²) in [6.07, 6.45) is 6.94. The summed E-state index contributed by atoms with van der Waals surface area (Å²) >= 11 is 0. The number of hydrogen-bond donors (Lipinski definition) is 3. The molecular weight excluding hydrogens is 362 g/mol. The van der Waals surface area contributed by atoms with Crippen LogP contribution in [0.5, 0.6) is 11.6 Å².